The van der Waals surface area contributed by atoms with Gasteiger partial charge in [0.2, 0.25) is 0 Å². The molecular formula is C28H39NO4Si. The third kappa shape index (κ3) is 5.78. The van der Waals surface area contributed by atoms with Crippen molar-refractivity contribution in [2.24, 2.45) is 5.92 Å². The van der Waals surface area contributed by atoms with Crippen LogP contribution in [0.4, 0.5) is 4.79 Å². The Bertz CT molecular complexity index is 910. The van der Waals surface area contributed by atoms with Gasteiger partial charge in [-0.2, -0.15) is 0 Å². The largest absolute Gasteiger partial charge is 0.444 e. The van der Waals surface area contributed by atoms with Crippen LogP contribution in [-0.2, 0) is 14.0 Å². The van der Waals surface area contributed by atoms with Crippen LogP contribution in [0.25, 0.3) is 0 Å². The summed E-state index contributed by atoms with van der Waals surface area (Å²) in [5.41, 5.74) is -0.581. The minimum absolute atomic E-state index is 0.0774. The highest BCUT2D eigenvalue weighted by atomic mass is 28.4. The van der Waals surface area contributed by atoms with Gasteiger partial charge in [0.1, 0.15) is 11.9 Å². The van der Waals surface area contributed by atoms with Crippen LogP contribution in [0.2, 0.25) is 5.04 Å². The summed E-state index contributed by atoms with van der Waals surface area (Å²) in [6.45, 7) is 13.2. The number of amides is 1. The fourth-order valence-electron chi connectivity index (χ4n) is 4.91. The zero-order valence-corrected chi connectivity index (χ0v) is 22.4. The van der Waals surface area contributed by atoms with Crippen LogP contribution in [0.15, 0.2) is 60.7 Å². The average Bonchev–Trinajstić information content (AvgIpc) is 2.78. The van der Waals surface area contributed by atoms with E-state index in [0.29, 0.717) is 26.0 Å². The minimum atomic E-state index is -2.74. The van der Waals surface area contributed by atoms with E-state index < -0.39 is 13.9 Å². The lowest BCUT2D eigenvalue weighted by atomic mass is 9.93. The van der Waals surface area contributed by atoms with Gasteiger partial charge >= 0.3 is 6.09 Å². The summed E-state index contributed by atoms with van der Waals surface area (Å²) in [6, 6.07) is 20.7. The summed E-state index contributed by atoms with van der Waals surface area (Å²) in [5, 5.41) is 2.23. The van der Waals surface area contributed by atoms with Gasteiger partial charge in [-0.3, -0.25) is 0 Å². The Morgan fingerprint density at radius 1 is 0.971 bits per heavy atom. The Morgan fingerprint density at radius 2 is 1.50 bits per heavy atom. The first-order valence-corrected chi connectivity index (χ1v) is 14.1. The molecule has 1 amide bonds. The van der Waals surface area contributed by atoms with E-state index in [9.17, 15) is 9.59 Å². The van der Waals surface area contributed by atoms with E-state index in [1.807, 2.05) is 32.9 Å². The lowest BCUT2D eigenvalue weighted by molar-refractivity contribution is -0.113. The van der Waals surface area contributed by atoms with E-state index in [-0.39, 0.29) is 23.1 Å². The molecule has 1 heterocycles. The van der Waals surface area contributed by atoms with Crippen molar-refractivity contribution < 1.29 is 18.8 Å². The molecule has 2 aromatic rings. The predicted octanol–water partition coefficient (Wildman–Crippen LogP) is 4.78. The monoisotopic (exact) mass is 481 g/mol. The van der Waals surface area contributed by atoms with Gasteiger partial charge in [-0.25, -0.2) is 4.79 Å². The van der Waals surface area contributed by atoms with Crippen molar-refractivity contribution in [1.29, 1.82) is 0 Å². The smallest absolute Gasteiger partial charge is 0.410 e. The van der Waals surface area contributed by atoms with Crippen LogP contribution >= 0.6 is 0 Å². The quantitative estimate of drug-likeness (QED) is 0.440. The molecule has 1 aliphatic rings. The molecule has 2 aromatic carbocycles. The van der Waals surface area contributed by atoms with Gasteiger partial charge in [0.05, 0.1) is 12.6 Å². The van der Waals surface area contributed by atoms with Gasteiger partial charge in [-0.05, 0) is 49.0 Å². The van der Waals surface area contributed by atoms with Crippen molar-refractivity contribution in [1.82, 2.24) is 4.90 Å². The van der Waals surface area contributed by atoms with Crippen LogP contribution in [0.1, 0.15) is 54.4 Å². The second-order valence-electron chi connectivity index (χ2n) is 11.2. The number of rotatable bonds is 6. The second-order valence-corrected chi connectivity index (χ2v) is 15.5. The summed E-state index contributed by atoms with van der Waals surface area (Å²) >= 11 is 0. The molecule has 0 N–H and O–H groups in total. The maximum Gasteiger partial charge on any atom is 0.410 e. The molecule has 0 bridgehead atoms. The Labute approximate surface area is 205 Å². The maximum atomic E-state index is 13.1. The first-order valence-electron chi connectivity index (χ1n) is 12.2. The van der Waals surface area contributed by atoms with Crippen LogP contribution in [0.3, 0.4) is 0 Å². The van der Waals surface area contributed by atoms with E-state index in [4.69, 9.17) is 9.16 Å². The maximum absolute atomic E-state index is 13.1. The summed E-state index contributed by atoms with van der Waals surface area (Å²) in [7, 11) is -2.74. The number of ether oxygens (including phenoxy) is 1. The fourth-order valence-corrected chi connectivity index (χ4v) is 9.51. The van der Waals surface area contributed by atoms with Crippen molar-refractivity contribution in [3.8, 4) is 0 Å². The molecule has 0 aliphatic carbocycles. The molecule has 6 heteroatoms. The van der Waals surface area contributed by atoms with E-state index in [1.54, 1.807) is 4.90 Å². The van der Waals surface area contributed by atoms with Gasteiger partial charge < -0.3 is 18.9 Å². The number of carbonyl (C=O) groups excluding carboxylic acids is 2. The number of aldehydes is 1. The van der Waals surface area contributed by atoms with Crippen molar-refractivity contribution in [2.45, 2.75) is 71.1 Å². The minimum Gasteiger partial charge on any atom is -0.444 e. The molecule has 5 nitrogen and oxygen atoms in total. The highest BCUT2D eigenvalue weighted by Crippen LogP contribution is 2.37. The zero-order chi connectivity index (χ0) is 25.0. The number of likely N-dealkylation sites (tertiary alicyclic amines) is 1. The van der Waals surface area contributed by atoms with E-state index in [1.165, 1.54) is 10.4 Å². The standard InChI is InChI=1S/C28H39NO4Si/c1-27(2,3)33-26(31)29-18-17-22(20-30)19-23(29)21-32-34(28(4,5)6,24-13-9-7-10-14-24)25-15-11-8-12-16-25/h7-16,20,22-23H,17-19,21H2,1-6H3/t22-,23-/m0/s1. The number of hydrogen-bond acceptors (Lipinski definition) is 4. The number of benzene rings is 2. The second kappa shape index (κ2) is 10.4. The molecule has 1 fully saturated rings. The highest BCUT2D eigenvalue weighted by Gasteiger charge is 2.51. The molecule has 2 atom stereocenters. The normalized spacial score (nSPS) is 19.5. The molecular weight excluding hydrogens is 442 g/mol. The third-order valence-corrected chi connectivity index (χ3v) is 11.5. The van der Waals surface area contributed by atoms with Crippen molar-refractivity contribution >= 4 is 31.1 Å². The molecule has 1 aliphatic heterocycles. The van der Waals surface area contributed by atoms with Gasteiger partial charge in [-0.15, -0.1) is 0 Å². The van der Waals surface area contributed by atoms with Crippen LogP contribution in [0, 0.1) is 5.92 Å². The number of piperidine rings is 1. The molecule has 1 saturated heterocycles. The van der Waals surface area contributed by atoms with Crippen molar-refractivity contribution in [3.63, 3.8) is 0 Å². The van der Waals surface area contributed by atoms with Gasteiger partial charge in [-0.1, -0.05) is 81.4 Å². The predicted molar refractivity (Wildman–Crippen MR) is 139 cm³/mol. The number of nitrogens with zero attached hydrogens (tertiary/aromatic N) is 1. The Kier molecular flexibility index (Phi) is 8.04. The molecule has 0 unspecified atom stereocenters. The Balaban J connectivity index is 2.00. The Morgan fingerprint density at radius 3 is 1.94 bits per heavy atom. The van der Waals surface area contributed by atoms with Crippen molar-refractivity contribution in [3.05, 3.63) is 60.7 Å². The van der Waals surface area contributed by atoms with E-state index in [0.717, 1.165) is 6.29 Å². The SMILES string of the molecule is CC(C)(C)OC(=O)N1CC[C@H](C=O)C[C@H]1CO[Si](c1ccccc1)(c1ccccc1)C(C)(C)C. The van der Waals surface area contributed by atoms with E-state index >= 15 is 0 Å². The van der Waals surface area contributed by atoms with Crippen molar-refractivity contribution in [2.75, 3.05) is 13.2 Å². The Hall–Kier alpha value is -2.44. The number of hydrogen-bond donors (Lipinski definition) is 0. The molecule has 0 aromatic heterocycles. The third-order valence-electron chi connectivity index (χ3n) is 6.49. The lowest BCUT2D eigenvalue weighted by Crippen LogP contribution is -2.67. The molecule has 0 spiro atoms. The zero-order valence-electron chi connectivity index (χ0n) is 21.4. The highest BCUT2D eigenvalue weighted by molar-refractivity contribution is 6.99. The molecule has 34 heavy (non-hydrogen) atoms. The first kappa shape index (κ1) is 26.2. The summed E-state index contributed by atoms with van der Waals surface area (Å²) in [5.74, 6) is -0.0774. The first-order chi connectivity index (χ1) is 16.0. The topological polar surface area (TPSA) is 55.8 Å². The fraction of sp³-hybridized carbons (Fsp3) is 0.500. The summed E-state index contributed by atoms with van der Waals surface area (Å²) < 4.78 is 12.8. The van der Waals surface area contributed by atoms with E-state index in [2.05, 4.69) is 69.3 Å². The lowest BCUT2D eigenvalue weighted by Gasteiger charge is -2.45. The van der Waals surface area contributed by atoms with Crippen LogP contribution < -0.4 is 10.4 Å². The van der Waals surface area contributed by atoms with Crippen LogP contribution in [-0.4, -0.2) is 50.4 Å². The molecule has 184 valence electrons. The molecule has 0 radical (unpaired) electrons. The average molecular weight is 482 g/mol. The summed E-state index contributed by atoms with van der Waals surface area (Å²) in [6.07, 6.45) is 1.91. The molecule has 3 rings (SSSR count). The van der Waals surface area contributed by atoms with Gasteiger partial charge in [0, 0.05) is 12.5 Å². The summed E-state index contributed by atoms with van der Waals surface area (Å²) in [4.78, 5) is 26.5. The van der Waals surface area contributed by atoms with Gasteiger partial charge in [0.25, 0.3) is 8.32 Å². The molecule has 0 saturated carbocycles. The van der Waals surface area contributed by atoms with Crippen LogP contribution in [0.5, 0.6) is 0 Å². The van der Waals surface area contributed by atoms with Gasteiger partial charge in [0.15, 0.2) is 0 Å². The number of carbonyl (C=O) groups is 2.